The van der Waals surface area contributed by atoms with Gasteiger partial charge in [-0.3, -0.25) is 0 Å². The van der Waals surface area contributed by atoms with Crippen molar-refractivity contribution in [1.29, 1.82) is 0 Å². The van der Waals surface area contributed by atoms with Gasteiger partial charge >= 0.3 is 0 Å². The Hall–Kier alpha value is -0.900. The normalized spacial score (nSPS) is 12.8. The second-order valence-corrected chi connectivity index (χ2v) is 4.95. The van der Waals surface area contributed by atoms with Crippen LogP contribution in [0.1, 0.15) is 58.7 Å². The highest BCUT2D eigenvalue weighted by atomic mass is 15.3. The van der Waals surface area contributed by atoms with E-state index >= 15 is 0 Å². The Morgan fingerprint density at radius 3 is 2.78 bits per heavy atom. The zero-order valence-corrected chi connectivity index (χ0v) is 12.2. The number of hydrogen-bond acceptors (Lipinski definition) is 3. The molecule has 1 atom stereocenters. The third-order valence-corrected chi connectivity index (χ3v) is 3.39. The van der Waals surface area contributed by atoms with Crippen molar-refractivity contribution in [3.05, 3.63) is 12.2 Å². The first-order valence-electron chi connectivity index (χ1n) is 7.39. The van der Waals surface area contributed by atoms with Gasteiger partial charge in [0.1, 0.15) is 12.2 Å². The van der Waals surface area contributed by atoms with Gasteiger partial charge in [0.25, 0.3) is 0 Å². The van der Waals surface area contributed by atoms with Gasteiger partial charge in [0.05, 0.1) is 6.54 Å². The molecule has 0 saturated heterocycles. The van der Waals surface area contributed by atoms with Gasteiger partial charge in [-0.15, -0.1) is 0 Å². The van der Waals surface area contributed by atoms with Crippen LogP contribution in [0.25, 0.3) is 0 Å². The van der Waals surface area contributed by atoms with Crippen LogP contribution in [0.15, 0.2) is 6.33 Å². The predicted molar refractivity (Wildman–Crippen MR) is 75.3 cm³/mol. The maximum atomic E-state index is 4.31. The fraction of sp³-hybridized carbons (Fsp3) is 0.857. The van der Waals surface area contributed by atoms with Crippen molar-refractivity contribution >= 4 is 0 Å². The van der Waals surface area contributed by atoms with Crippen LogP contribution in [-0.2, 0) is 13.1 Å². The molecule has 18 heavy (non-hydrogen) atoms. The highest BCUT2D eigenvalue weighted by Gasteiger charge is 2.07. The van der Waals surface area contributed by atoms with Crippen LogP contribution in [-0.4, -0.2) is 21.3 Å². The van der Waals surface area contributed by atoms with Gasteiger partial charge in [-0.1, -0.05) is 40.0 Å². The summed E-state index contributed by atoms with van der Waals surface area (Å²) in [4.78, 5) is 4.31. The zero-order valence-electron chi connectivity index (χ0n) is 12.2. The Morgan fingerprint density at radius 1 is 1.28 bits per heavy atom. The minimum Gasteiger partial charge on any atom is -0.310 e. The van der Waals surface area contributed by atoms with E-state index in [9.17, 15) is 0 Å². The molecule has 104 valence electrons. The van der Waals surface area contributed by atoms with E-state index in [-0.39, 0.29) is 0 Å². The van der Waals surface area contributed by atoms with Crippen molar-refractivity contribution in [3.63, 3.8) is 0 Å². The van der Waals surface area contributed by atoms with E-state index < -0.39 is 0 Å². The van der Waals surface area contributed by atoms with Crippen LogP contribution in [0.4, 0.5) is 0 Å². The molecule has 1 N–H and O–H groups in total. The van der Waals surface area contributed by atoms with Crippen molar-refractivity contribution in [3.8, 4) is 0 Å². The van der Waals surface area contributed by atoms with E-state index in [1.165, 1.54) is 25.7 Å². The van der Waals surface area contributed by atoms with Gasteiger partial charge in [-0.2, -0.15) is 5.10 Å². The third kappa shape index (κ3) is 5.17. The van der Waals surface area contributed by atoms with Crippen molar-refractivity contribution < 1.29 is 0 Å². The molecule has 0 bridgehead atoms. The summed E-state index contributed by atoms with van der Waals surface area (Å²) in [7, 11) is 0. The smallest absolute Gasteiger partial charge is 0.140 e. The average Bonchev–Trinajstić information content (AvgIpc) is 2.81. The van der Waals surface area contributed by atoms with Crippen LogP contribution in [0.3, 0.4) is 0 Å². The molecule has 0 aliphatic heterocycles. The van der Waals surface area contributed by atoms with E-state index in [1.54, 1.807) is 6.33 Å². The summed E-state index contributed by atoms with van der Waals surface area (Å²) in [6.07, 6.45) is 7.98. The Bertz CT molecular complexity index is 308. The lowest BCUT2D eigenvalue weighted by Gasteiger charge is -2.15. The van der Waals surface area contributed by atoms with Crippen LogP contribution >= 0.6 is 0 Å². The van der Waals surface area contributed by atoms with E-state index in [0.29, 0.717) is 0 Å². The Morgan fingerprint density at radius 2 is 2.11 bits per heavy atom. The molecule has 4 heteroatoms. The fourth-order valence-electron chi connectivity index (χ4n) is 2.16. The summed E-state index contributed by atoms with van der Waals surface area (Å²) >= 11 is 0. The maximum Gasteiger partial charge on any atom is 0.140 e. The number of hydrogen-bond donors (Lipinski definition) is 1. The Labute approximate surface area is 111 Å². The molecular weight excluding hydrogens is 224 g/mol. The molecule has 0 fully saturated rings. The molecule has 1 rings (SSSR count). The summed E-state index contributed by atoms with van der Waals surface area (Å²) in [5, 5.41) is 7.76. The van der Waals surface area contributed by atoms with E-state index in [4.69, 9.17) is 0 Å². The van der Waals surface area contributed by atoms with Gasteiger partial charge in [0.15, 0.2) is 0 Å². The first-order valence-corrected chi connectivity index (χ1v) is 7.39. The van der Waals surface area contributed by atoms with Gasteiger partial charge in [0, 0.05) is 6.54 Å². The fourth-order valence-corrected chi connectivity index (χ4v) is 2.16. The number of nitrogens with zero attached hydrogens (tertiary/aromatic N) is 3. The molecule has 0 radical (unpaired) electrons. The lowest BCUT2D eigenvalue weighted by atomic mass is 9.99. The second-order valence-electron chi connectivity index (χ2n) is 4.95. The first-order chi connectivity index (χ1) is 8.81. The second kappa shape index (κ2) is 9.09. The standard InChI is InChI=1S/C14H28N4/c1-4-7-8-13(6-3)10-15-11-14-16-12-17-18(14)9-5-2/h12-13,15H,4-11H2,1-3H3. The minimum absolute atomic E-state index is 0.799. The van der Waals surface area contributed by atoms with Crippen LogP contribution in [0, 0.1) is 5.92 Å². The van der Waals surface area contributed by atoms with Crippen molar-refractivity contribution in [1.82, 2.24) is 20.1 Å². The van der Waals surface area contributed by atoms with Crippen molar-refractivity contribution in [2.24, 2.45) is 5.92 Å². The number of aromatic nitrogens is 3. The van der Waals surface area contributed by atoms with Gasteiger partial charge < -0.3 is 5.32 Å². The van der Waals surface area contributed by atoms with Crippen molar-refractivity contribution in [2.75, 3.05) is 6.54 Å². The van der Waals surface area contributed by atoms with Gasteiger partial charge in [-0.25, -0.2) is 9.67 Å². The lowest BCUT2D eigenvalue weighted by Crippen LogP contribution is -2.24. The SMILES string of the molecule is CCCCC(CC)CNCc1ncnn1CCC. The molecule has 1 unspecified atom stereocenters. The molecule has 0 aliphatic rings. The minimum atomic E-state index is 0.799. The molecular formula is C14H28N4. The summed E-state index contributed by atoms with van der Waals surface area (Å²) in [6.45, 7) is 9.59. The number of rotatable bonds is 10. The first kappa shape index (κ1) is 15.2. The summed E-state index contributed by atoms with van der Waals surface area (Å²) in [6, 6.07) is 0. The van der Waals surface area contributed by atoms with Crippen molar-refractivity contribution in [2.45, 2.75) is 66.0 Å². The number of aryl methyl sites for hydroxylation is 1. The quantitative estimate of drug-likeness (QED) is 0.696. The highest BCUT2D eigenvalue weighted by Crippen LogP contribution is 2.11. The molecule has 0 aliphatic carbocycles. The summed E-state index contributed by atoms with van der Waals surface area (Å²) in [5.41, 5.74) is 0. The maximum absolute atomic E-state index is 4.31. The third-order valence-electron chi connectivity index (χ3n) is 3.39. The van der Waals surface area contributed by atoms with E-state index in [1.807, 2.05) is 4.68 Å². The summed E-state index contributed by atoms with van der Waals surface area (Å²) < 4.78 is 2.00. The van der Waals surface area contributed by atoms with Gasteiger partial charge in [-0.05, 0) is 25.3 Å². The lowest BCUT2D eigenvalue weighted by molar-refractivity contribution is 0.412. The Kier molecular flexibility index (Phi) is 7.65. The molecule has 0 saturated carbocycles. The molecule has 1 heterocycles. The highest BCUT2D eigenvalue weighted by molar-refractivity contribution is 4.83. The van der Waals surface area contributed by atoms with Gasteiger partial charge in [0.2, 0.25) is 0 Å². The van der Waals surface area contributed by atoms with Crippen LogP contribution in [0.5, 0.6) is 0 Å². The van der Waals surface area contributed by atoms with E-state index in [2.05, 4.69) is 36.2 Å². The molecule has 0 spiro atoms. The summed E-state index contributed by atoms with van der Waals surface area (Å²) in [5.74, 6) is 1.86. The number of unbranched alkanes of at least 4 members (excludes halogenated alkanes) is 1. The predicted octanol–water partition coefficient (Wildman–Crippen LogP) is 2.99. The average molecular weight is 252 g/mol. The molecule has 1 aromatic heterocycles. The topological polar surface area (TPSA) is 42.7 Å². The number of nitrogens with one attached hydrogen (secondary N) is 1. The zero-order chi connectivity index (χ0) is 13.2. The molecule has 1 aromatic rings. The largest absolute Gasteiger partial charge is 0.310 e. The molecule has 0 aromatic carbocycles. The Balaban J connectivity index is 2.28. The van der Waals surface area contributed by atoms with Crippen LogP contribution < -0.4 is 5.32 Å². The molecule has 0 amide bonds. The van der Waals surface area contributed by atoms with E-state index in [0.717, 1.165) is 37.8 Å². The monoisotopic (exact) mass is 252 g/mol. The molecule has 4 nitrogen and oxygen atoms in total. The van der Waals surface area contributed by atoms with Crippen LogP contribution in [0.2, 0.25) is 0 Å².